The topological polar surface area (TPSA) is 46.7 Å². The monoisotopic (exact) mass is 297 g/mol. The summed E-state index contributed by atoms with van der Waals surface area (Å²) in [6, 6.07) is 1.82. The van der Waals surface area contributed by atoms with E-state index in [0.717, 1.165) is 11.1 Å². The van der Waals surface area contributed by atoms with Crippen molar-refractivity contribution in [1.29, 1.82) is 0 Å². The molecule has 2 rings (SSSR count). The van der Waals surface area contributed by atoms with E-state index in [9.17, 15) is 4.21 Å². The van der Waals surface area contributed by atoms with Gasteiger partial charge in [-0.25, -0.2) is 9.19 Å². The minimum Gasteiger partial charge on any atom is -0.305 e. The van der Waals surface area contributed by atoms with Crippen LogP contribution < -0.4 is 0 Å². The van der Waals surface area contributed by atoms with E-state index in [1.54, 1.807) is 12.5 Å². The first kappa shape index (κ1) is 14.2. The number of hydrogen-bond donors (Lipinski definition) is 0. The molecule has 0 aliphatic heterocycles. The third-order valence-electron chi connectivity index (χ3n) is 2.71. The third kappa shape index (κ3) is 2.87. The number of fused-ring (bicyclic) bond motifs is 1. The molecule has 0 bridgehead atoms. The molecule has 2 heterocycles. The summed E-state index contributed by atoms with van der Waals surface area (Å²) in [5, 5.41) is 0.680. The molecule has 1 unspecified atom stereocenters. The molecule has 0 fully saturated rings. The van der Waals surface area contributed by atoms with Crippen LogP contribution in [0.2, 0.25) is 5.02 Å². The predicted octanol–water partition coefficient (Wildman–Crippen LogP) is 3.18. The van der Waals surface area contributed by atoms with Crippen molar-refractivity contribution in [3.63, 3.8) is 0 Å². The van der Waals surface area contributed by atoms with Gasteiger partial charge in [0.2, 0.25) is 0 Å². The average Bonchev–Trinajstić information content (AvgIpc) is 2.73. The summed E-state index contributed by atoms with van der Waals surface area (Å²) in [7, 11) is -1.29. The van der Waals surface area contributed by atoms with E-state index in [1.165, 1.54) is 0 Å². The third-order valence-corrected chi connectivity index (χ3v) is 4.47. The van der Waals surface area contributed by atoms with Gasteiger partial charge in [-0.2, -0.15) is 4.40 Å². The van der Waals surface area contributed by atoms with Gasteiger partial charge in [-0.3, -0.25) is 0 Å². The Kier molecular flexibility index (Phi) is 3.78. The maximum absolute atomic E-state index is 11.9. The van der Waals surface area contributed by atoms with E-state index in [1.807, 2.05) is 44.4 Å². The van der Waals surface area contributed by atoms with Crippen LogP contribution in [0.5, 0.6) is 0 Å². The molecule has 2 aromatic rings. The lowest BCUT2D eigenvalue weighted by Gasteiger charge is -2.12. The van der Waals surface area contributed by atoms with Crippen molar-refractivity contribution < 1.29 is 4.21 Å². The molecule has 0 N–H and O–H groups in total. The van der Waals surface area contributed by atoms with E-state index < -0.39 is 11.0 Å². The summed E-state index contributed by atoms with van der Waals surface area (Å²) in [4.78, 5) is 4.27. The normalized spacial score (nSPS) is 14.4. The highest BCUT2D eigenvalue weighted by Crippen LogP contribution is 2.22. The molecule has 19 heavy (non-hydrogen) atoms. The molecular formula is C13H16ClN3OS. The predicted molar refractivity (Wildman–Crippen MR) is 80.4 cm³/mol. The van der Waals surface area contributed by atoms with Gasteiger partial charge >= 0.3 is 0 Å². The number of aryl methyl sites for hydroxylation is 1. The first-order valence-corrected chi connectivity index (χ1v) is 7.37. The van der Waals surface area contributed by atoms with Crippen LogP contribution in [-0.4, -0.2) is 24.6 Å². The Morgan fingerprint density at radius 3 is 2.79 bits per heavy atom. The molecule has 2 aromatic heterocycles. The minimum absolute atomic E-state index is 0.376. The van der Waals surface area contributed by atoms with Crippen molar-refractivity contribution in [1.82, 2.24) is 9.38 Å². The van der Waals surface area contributed by atoms with Gasteiger partial charge in [0.25, 0.3) is 0 Å². The highest BCUT2D eigenvalue weighted by molar-refractivity contribution is 7.85. The van der Waals surface area contributed by atoms with Crippen LogP contribution in [0.15, 0.2) is 23.0 Å². The summed E-state index contributed by atoms with van der Waals surface area (Å²) in [6.07, 6.45) is 5.09. The molecule has 6 heteroatoms. The molecule has 0 saturated heterocycles. The van der Waals surface area contributed by atoms with Gasteiger partial charge in [-0.1, -0.05) is 11.6 Å². The Hall–Kier alpha value is -1.20. The number of imidazole rings is 1. The zero-order valence-corrected chi connectivity index (χ0v) is 12.9. The van der Waals surface area contributed by atoms with Crippen LogP contribution in [-0.2, 0) is 11.0 Å². The van der Waals surface area contributed by atoms with Crippen molar-refractivity contribution in [2.45, 2.75) is 32.4 Å². The highest BCUT2D eigenvalue weighted by atomic mass is 35.5. The van der Waals surface area contributed by atoms with Gasteiger partial charge in [0.05, 0.1) is 22.8 Å². The number of hydrogen-bond acceptors (Lipinski definition) is 2. The maximum Gasteiger partial charge on any atom is 0.144 e. The van der Waals surface area contributed by atoms with E-state index >= 15 is 0 Å². The largest absolute Gasteiger partial charge is 0.305 e. The minimum atomic E-state index is -1.29. The zero-order chi connectivity index (χ0) is 14.2. The quantitative estimate of drug-likeness (QED) is 0.799. The molecule has 0 radical (unpaired) electrons. The lowest BCUT2D eigenvalue weighted by atomic mass is 10.2. The van der Waals surface area contributed by atoms with Crippen LogP contribution >= 0.6 is 11.6 Å². The van der Waals surface area contributed by atoms with Crippen LogP contribution in [0.1, 0.15) is 32.0 Å². The van der Waals surface area contributed by atoms with Gasteiger partial charge in [0.15, 0.2) is 0 Å². The second kappa shape index (κ2) is 5.06. The van der Waals surface area contributed by atoms with Gasteiger partial charge in [0.1, 0.15) is 16.7 Å². The summed E-state index contributed by atoms with van der Waals surface area (Å²) in [5.74, 6) is 0. The van der Waals surface area contributed by atoms with E-state index in [0.29, 0.717) is 10.7 Å². The SMILES string of the molecule is Cc1c(Cl)ccn2cnc(/C=N/S(=O)C(C)(C)C)c12. The van der Waals surface area contributed by atoms with Crippen LogP contribution in [0, 0.1) is 6.92 Å². The molecule has 0 amide bonds. The fraction of sp³-hybridized carbons (Fsp3) is 0.385. The zero-order valence-electron chi connectivity index (χ0n) is 11.3. The molecule has 1 atom stereocenters. The smallest absolute Gasteiger partial charge is 0.144 e. The summed E-state index contributed by atoms with van der Waals surface area (Å²) in [6.45, 7) is 7.58. The van der Waals surface area contributed by atoms with Crippen molar-refractivity contribution in [3.05, 3.63) is 34.9 Å². The van der Waals surface area contributed by atoms with Crippen molar-refractivity contribution >= 4 is 34.3 Å². The Morgan fingerprint density at radius 1 is 1.47 bits per heavy atom. The van der Waals surface area contributed by atoms with E-state index in [-0.39, 0.29) is 4.75 Å². The number of halogens is 1. The standard InChI is InChI=1S/C13H16ClN3OS/c1-9-10(14)5-6-17-8-15-11(12(9)17)7-16-19(18)13(2,3)4/h5-8H,1-4H3/b16-7+. The van der Waals surface area contributed by atoms with E-state index in [2.05, 4.69) is 9.38 Å². The summed E-state index contributed by atoms with van der Waals surface area (Å²) in [5.41, 5.74) is 2.50. The first-order valence-electron chi connectivity index (χ1n) is 5.88. The molecule has 4 nitrogen and oxygen atoms in total. The number of nitrogens with zero attached hydrogens (tertiary/aromatic N) is 3. The van der Waals surface area contributed by atoms with Gasteiger partial charge in [0, 0.05) is 11.2 Å². The summed E-state index contributed by atoms with van der Waals surface area (Å²) >= 11 is 6.11. The van der Waals surface area contributed by atoms with Gasteiger partial charge < -0.3 is 4.40 Å². The fourth-order valence-electron chi connectivity index (χ4n) is 1.61. The molecule has 0 aliphatic carbocycles. The number of rotatable bonds is 2. The molecule has 0 aromatic carbocycles. The van der Waals surface area contributed by atoms with Crippen molar-refractivity contribution in [2.24, 2.45) is 4.40 Å². The second-order valence-electron chi connectivity index (χ2n) is 5.27. The number of aromatic nitrogens is 2. The first-order chi connectivity index (χ1) is 8.80. The lowest BCUT2D eigenvalue weighted by molar-refractivity contribution is 0.651. The fourth-order valence-corrected chi connectivity index (χ4v) is 2.27. The molecule has 0 aliphatic rings. The van der Waals surface area contributed by atoms with Crippen molar-refractivity contribution in [2.75, 3.05) is 0 Å². The van der Waals surface area contributed by atoms with Gasteiger partial charge in [-0.05, 0) is 39.3 Å². The maximum atomic E-state index is 11.9. The highest BCUT2D eigenvalue weighted by Gasteiger charge is 2.18. The molecule has 0 saturated carbocycles. The van der Waals surface area contributed by atoms with Crippen molar-refractivity contribution in [3.8, 4) is 0 Å². The Morgan fingerprint density at radius 2 is 2.16 bits per heavy atom. The average molecular weight is 298 g/mol. The molecule has 0 spiro atoms. The summed E-state index contributed by atoms with van der Waals surface area (Å²) < 4.78 is 17.5. The van der Waals surface area contributed by atoms with E-state index in [4.69, 9.17) is 11.6 Å². The second-order valence-corrected chi connectivity index (χ2v) is 7.61. The van der Waals surface area contributed by atoms with Crippen LogP contribution in [0.4, 0.5) is 0 Å². The molecular weight excluding hydrogens is 282 g/mol. The Bertz CT molecular complexity index is 670. The van der Waals surface area contributed by atoms with Gasteiger partial charge in [-0.15, -0.1) is 0 Å². The van der Waals surface area contributed by atoms with Crippen LogP contribution in [0.25, 0.3) is 5.52 Å². The Balaban J connectivity index is 2.45. The lowest BCUT2D eigenvalue weighted by Crippen LogP contribution is -2.19. The molecule has 102 valence electrons. The number of pyridine rings is 1. The van der Waals surface area contributed by atoms with Crippen LogP contribution in [0.3, 0.4) is 0 Å². The Labute approximate surface area is 120 Å².